The standard InChI is InChI=1S/C18H18N2O2/c1-12-17(13(2)22-19-12)11-18(21)20(3)16-9-8-14-6-4-5-7-15(14)10-16/h4-10H,11H2,1-3H3. The van der Waals surface area contributed by atoms with E-state index >= 15 is 0 Å². The van der Waals surface area contributed by atoms with Gasteiger partial charge in [-0.05, 0) is 36.8 Å². The molecular weight excluding hydrogens is 276 g/mol. The van der Waals surface area contributed by atoms with Gasteiger partial charge in [0.25, 0.3) is 0 Å². The fraction of sp³-hybridized carbons (Fsp3) is 0.222. The van der Waals surface area contributed by atoms with Crippen LogP contribution in [0.25, 0.3) is 10.8 Å². The summed E-state index contributed by atoms with van der Waals surface area (Å²) in [5.41, 5.74) is 2.53. The summed E-state index contributed by atoms with van der Waals surface area (Å²) in [7, 11) is 1.80. The predicted octanol–water partition coefficient (Wildman–Crippen LogP) is 3.65. The minimum atomic E-state index is 0.0182. The van der Waals surface area contributed by atoms with E-state index in [0.717, 1.165) is 27.7 Å². The third kappa shape index (κ3) is 2.60. The Bertz CT molecular complexity index is 816. The van der Waals surface area contributed by atoms with Crippen molar-refractivity contribution in [3.05, 3.63) is 59.5 Å². The Morgan fingerprint density at radius 3 is 2.55 bits per heavy atom. The van der Waals surface area contributed by atoms with E-state index in [0.29, 0.717) is 12.2 Å². The number of aromatic nitrogens is 1. The van der Waals surface area contributed by atoms with Crippen molar-refractivity contribution in [1.82, 2.24) is 5.16 Å². The summed E-state index contributed by atoms with van der Waals surface area (Å²) in [6, 6.07) is 14.1. The molecule has 0 saturated carbocycles. The lowest BCUT2D eigenvalue weighted by atomic mass is 10.1. The number of aryl methyl sites for hydroxylation is 2. The molecule has 112 valence electrons. The van der Waals surface area contributed by atoms with E-state index in [-0.39, 0.29) is 5.91 Å². The molecule has 0 saturated heterocycles. The molecule has 0 radical (unpaired) electrons. The van der Waals surface area contributed by atoms with Gasteiger partial charge in [0.05, 0.1) is 12.1 Å². The molecule has 3 aromatic rings. The van der Waals surface area contributed by atoms with E-state index in [9.17, 15) is 4.79 Å². The summed E-state index contributed by atoms with van der Waals surface area (Å²) in [6.45, 7) is 3.69. The highest BCUT2D eigenvalue weighted by atomic mass is 16.5. The Labute approximate surface area is 129 Å². The van der Waals surface area contributed by atoms with Crippen LogP contribution < -0.4 is 4.90 Å². The molecule has 1 amide bonds. The van der Waals surface area contributed by atoms with Gasteiger partial charge in [-0.2, -0.15) is 0 Å². The number of hydrogen-bond donors (Lipinski definition) is 0. The van der Waals surface area contributed by atoms with Crippen molar-refractivity contribution in [2.75, 3.05) is 11.9 Å². The van der Waals surface area contributed by atoms with E-state index < -0.39 is 0 Å². The van der Waals surface area contributed by atoms with E-state index in [1.165, 1.54) is 0 Å². The topological polar surface area (TPSA) is 46.3 Å². The maximum Gasteiger partial charge on any atom is 0.231 e. The molecular formula is C18H18N2O2. The number of fused-ring (bicyclic) bond motifs is 1. The summed E-state index contributed by atoms with van der Waals surface area (Å²) < 4.78 is 5.12. The zero-order valence-corrected chi connectivity index (χ0v) is 13.0. The Hall–Kier alpha value is -2.62. The summed E-state index contributed by atoms with van der Waals surface area (Å²) >= 11 is 0. The average Bonchev–Trinajstić information content (AvgIpc) is 2.85. The van der Waals surface area contributed by atoms with Crippen molar-refractivity contribution >= 4 is 22.4 Å². The number of hydrogen-bond acceptors (Lipinski definition) is 3. The van der Waals surface area contributed by atoms with Crippen molar-refractivity contribution in [2.45, 2.75) is 20.3 Å². The quantitative estimate of drug-likeness (QED) is 0.740. The summed E-state index contributed by atoms with van der Waals surface area (Å²) in [6.07, 6.45) is 0.296. The monoisotopic (exact) mass is 294 g/mol. The molecule has 0 N–H and O–H groups in total. The van der Waals surface area contributed by atoms with E-state index in [1.807, 2.05) is 50.2 Å². The number of carbonyl (C=O) groups is 1. The minimum absolute atomic E-state index is 0.0182. The van der Waals surface area contributed by atoms with Crippen LogP contribution in [0.1, 0.15) is 17.0 Å². The van der Waals surface area contributed by atoms with Crippen LogP contribution >= 0.6 is 0 Å². The molecule has 2 aromatic carbocycles. The molecule has 0 fully saturated rings. The molecule has 0 bridgehead atoms. The largest absolute Gasteiger partial charge is 0.361 e. The van der Waals surface area contributed by atoms with Crippen LogP contribution in [0.5, 0.6) is 0 Å². The van der Waals surface area contributed by atoms with Crippen molar-refractivity contribution in [2.24, 2.45) is 0 Å². The second-order valence-electron chi connectivity index (χ2n) is 5.46. The molecule has 22 heavy (non-hydrogen) atoms. The normalized spacial score (nSPS) is 10.9. The molecule has 0 aliphatic carbocycles. The molecule has 0 unspecified atom stereocenters. The molecule has 4 heteroatoms. The first-order valence-corrected chi connectivity index (χ1v) is 7.23. The zero-order chi connectivity index (χ0) is 15.7. The molecule has 1 heterocycles. The third-order valence-electron chi connectivity index (χ3n) is 4.00. The molecule has 0 atom stereocenters. The molecule has 4 nitrogen and oxygen atoms in total. The van der Waals surface area contributed by atoms with Crippen LogP contribution in [0.3, 0.4) is 0 Å². The molecule has 3 rings (SSSR count). The van der Waals surface area contributed by atoms with Gasteiger partial charge in [-0.25, -0.2) is 0 Å². The van der Waals surface area contributed by atoms with Gasteiger partial charge < -0.3 is 9.42 Å². The van der Waals surface area contributed by atoms with E-state index in [1.54, 1.807) is 11.9 Å². The smallest absolute Gasteiger partial charge is 0.231 e. The number of benzene rings is 2. The van der Waals surface area contributed by atoms with Crippen molar-refractivity contribution in [1.29, 1.82) is 0 Å². The van der Waals surface area contributed by atoms with Gasteiger partial charge in [-0.3, -0.25) is 4.79 Å². The minimum Gasteiger partial charge on any atom is -0.361 e. The second-order valence-corrected chi connectivity index (χ2v) is 5.46. The van der Waals surface area contributed by atoms with Crippen molar-refractivity contribution < 1.29 is 9.32 Å². The van der Waals surface area contributed by atoms with Gasteiger partial charge in [0.2, 0.25) is 5.91 Å². The van der Waals surface area contributed by atoms with Crippen LogP contribution in [0, 0.1) is 13.8 Å². The van der Waals surface area contributed by atoms with Crippen LogP contribution in [0.15, 0.2) is 47.0 Å². The maximum absolute atomic E-state index is 12.5. The zero-order valence-electron chi connectivity index (χ0n) is 13.0. The van der Waals surface area contributed by atoms with Crippen molar-refractivity contribution in [3.63, 3.8) is 0 Å². The first-order valence-electron chi connectivity index (χ1n) is 7.23. The number of rotatable bonds is 3. The van der Waals surface area contributed by atoms with Gasteiger partial charge in [-0.1, -0.05) is 35.5 Å². The first-order chi connectivity index (χ1) is 10.6. The van der Waals surface area contributed by atoms with Crippen molar-refractivity contribution in [3.8, 4) is 0 Å². The highest BCUT2D eigenvalue weighted by Crippen LogP contribution is 2.22. The second kappa shape index (κ2) is 5.64. The van der Waals surface area contributed by atoms with Gasteiger partial charge in [0.15, 0.2) is 0 Å². The van der Waals surface area contributed by atoms with Gasteiger partial charge in [0.1, 0.15) is 5.76 Å². The highest BCUT2D eigenvalue weighted by molar-refractivity contribution is 5.97. The number of likely N-dealkylation sites (N-methyl/N-ethyl adjacent to an activating group) is 1. The van der Waals surface area contributed by atoms with Crippen LogP contribution in [-0.4, -0.2) is 18.1 Å². The van der Waals surface area contributed by atoms with Gasteiger partial charge in [-0.15, -0.1) is 0 Å². The molecule has 0 aliphatic heterocycles. The molecule has 1 aromatic heterocycles. The summed E-state index contributed by atoms with van der Waals surface area (Å²) in [4.78, 5) is 14.2. The Kier molecular flexibility index (Phi) is 3.67. The Balaban J connectivity index is 1.85. The summed E-state index contributed by atoms with van der Waals surface area (Å²) in [5, 5.41) is 6.18. The van der Waals surface area contributed by atoms with Crippen LogP contribution in [0.4, 0.5) is 5.69 Å². The van der Waals surface area contributed by atoms with E-state index in [2.05, 4.69) is 11.2 Å². The lowest BCUT2D eigenvalue weighted by Gasteiger charge is -2.18. The Morgan fingerprint density at radius 2 is 1.86 bits per heavy atom. The number of amides is 1. The first kappa shape index (κ1) is 14.3. The number of nitrogens with zero attached hydrogens (tertiary/aromatic N) is 2. The fourth-order valence-electron chi connectivity index (χ4n) is 2.55. The lowest BCUT2D eigenvalue weighted by molar-refractivity contribution is -0.117. The van der Waals surface area contributed by atoms with Crippen LogP contribution in [0.2, 0.25) is 0 Å². The number of anilines is 1. The average molecular weight is 294 g/mol. The summed E-state index contributed by atoms with van der Waals surface area (Å²) in [5.74, 6) is 0.724. The van der Waals surface area contributed by atoms with Gasteiger partial charge in [0, 0.05) is 18.3 Å². The Morgan fingerprint density at radius 1 is 1.14 bits per heavy atom. The fourth-order valence-corrected chi connectivity index (χ4v) is 2.55. The number of carbonyl (C=O) groups excluding carboxylic acids is 1. The SMILES string of the molecule is Cc1noc(C)c1CC(=O)N(C)c1ccc2ccccc2c1. The van der Waals surface area contributed by atoms with Crippen LogP contribution in [-0.2, 0) is 11.2 Å². The van der Waals surface area contributed by atoms with Gasteiger partial charge >= 0.3 is 0 Å². The predicted molar refractivity (Wildman–Crippen MR) is 87.0 cm³/mol. The lowest BCUT2D eigenvalue weighted by Crippen LogP contribution is -2.28. The third-order valence-corrected chi connectivity index (χ3v) is 4.00. The molecule has 0 spiro atoms. The maximum atomic E-state index is 12.5. The molecule has 0 aliphatic rings. The van der Waals surface area contributed by atoms with E-state index in [4.69, 9.17) is 4.52 Å². The highest BCUT2D eigenvalue weighted by Gasteiger charge is 2.17.